The van der Waals surface area contributed by atoms with E-state index in [-0.39, 0.29) is 17.6 Å². The summed E-state index contributed by atoms with van der Waals surface area (Å²) in [6.45, 7) is 3.37. The Labute approximate surface area is 195 Å². The molecule has 0 fully saturated rings. The SMILES string of the molecule is CC#CC(=O)Nc1ccc(-c2ncnc(N)c2-c2ccc(Oc3nccc(C)n3)c(F)c2)cc1. The Balaban J connectivity index is 1.66. The van der Waals surface area contributed by atoms with Gasteiger partial charge < -0.3 is 15.8 Å². The molecule has 4 rings (SSSR count). The fourth-order valence-corrected chi connectivity index (χ4v) is 3.20. The highest BCUT2D eigenvalue weighted by molar-refractivity contribution is 6.04. The second-order valence-electron chi connectivity index (χ2n) is 7.12. The molecule has 0 saturated heterocycles. The zero-order valence-corrected chi connectivity index (χ0v) is 18.3. The number of carbonyl (C=O) groups is 1. The molecule has 2 aromatic heterocycles. The molecule has 9 heteroatoms. The largest absolute Gasteiger partial charge is 0.421 e. The number of nitrogen functional groups attached to an aromatic ring is 1. The summed E-state index contributed by atoms with van der Waals surface area (Å²) in [7, 11) is 0. The van der Waals surface area contributed by atoms with Crippen LogP contribution in [0.25, 0.3) is 22.4 Å². The summed E-state index contributed by atoms with van der Waals surface area (Å²) in [5.41, 5.74) is 9.58. The number of hydrogen-bond donors (Lipinski definition) is 2. The van der Waals surface area contributed by atoms with Crippen molar-refractivity contribution in [2.75, 3.05) is 11.1 Å². The van der Waals surface area contributed by atoms with Crippen LogP contribution in [0.3, 0.4) is 0 Å². The summed E-state index contributed by atoms with van der Waals surface area (Å²) in [6, 6.07) is 13.1. The van der Waals surface area contributed by atoms with E-state index in [1.807, 2.05) is 0 Å². The van der Waals surface area contributed by atoms with Gasteiger partial charge in [0.1, 0.15) is 12.1 Å². The minimum atomic E-state index is -0.619. The van der Waals surface area contributed by atoms with E-state index in [1.165, 1.54) is 24.7 Å². The molecule has 0 unspecified atom stereocenters. The van der Waals surface area contributed by atoms with Gasteiger partial charge in [-0.25, -0.2) is 24.3 Å². The Morgan fingerprint density at radius 1 is 1.06 bits per heavy atom. The molecule has 0 bridgehead atoms. The highest BCUT2D eigenvalue weighted by atomic mass is 19.1. The second-order valence-corrected chi connectivity index (χ2v) is 7.12. The van der Waals surface area contributed by atoms with Crippen LogP contribution in [0.1, 0.15) is 12.6 Å². The van der Waals surface area contributed by atoms with Crippen molar-refractivity contribution in [3.8, 4) is 46.0 Å². The lowest BCUT2D eigenvalue weighted by Crippen LogP contribution is -2.08. The molecule has 0 spiro atoms. The quantitative estimate of drug-likeness (QED) is 0.430. The van der Waals surface area contributed by atoms with E-state index in [9.17, 15) is 9.18 Å². The van der Waals surface area contributed by atoms with Gasteiger partial charge >= 0.3 is 6.01 Å². The average molecular weight is 454 g/mol. The van der Waals surface area contributed by atoms with Crippen LogP contribution in [0, 0.1) is 24.6 Å². The van der Waals surface area contributed by atoms with Gasteiger partial charge in [-0.05, 0) is 55.7 Å². The lowest BCUT2D eigenvalue weighted by Gasteiger charge is -2.13. The topological polar surface area (TPSA) is 116 Å². The van der Waals surface area contributed by atoms with Gasteiger partial charge in [0.2, 0.25) is 0 Å². The molecular weight excluding hydrogens is 435 g/mol. The fraction of sp³-hybridized carbons (Fsp3) is 0.0800. The Hall–Kier alpha value is -4.84. The highest BCUT2D eigenvalue weighted by Crippen LogP contribution is 2.36. The van der Waals surface area contributed by atoms with E-state index in [1.54, 1.807) is 50.2 Å². The zero-order chi connectivity index (χ0) is 24.1. The van der Waals surface area contributed by atoms with Gasteiger partial charge in [0.25, 0.3) is 5.91 Å². The second kappa shape index (κ2) is 9.75. The van der Waals surface area contributed by atoms with E-state index >= 15 is 0 Å². The first-order chi connectivity index (χ1) is 16.4. The maximum atomic E-state index is 14.9. The molecule has 1 amide bonds. The fourth-order valence-electron chi connectivity index (χ4n) is 3.20. The van der Waals surface area contributed by atoms with Gasteiger partial charge in [-0.3, -0.25) is 4.79 Å². The van der Waals surface area contributed by atoms with Crippen molar-refractivity contribution in [1.82, 2.24) is 19.9 Å². The first-order valence-electron chi connectivity index (χ1n) is 10.2. The van der Waals surface area contributed by atoms with E-state index in [0.717, 1.165) is 0 Å². The summed E-state index contributed by atoms with van der Waals surface area (Å²) in [5.74, 6) is 4.10. The number of ether oxygens (including phenoxy) is 1. The van der Waals surface area contributed by atoms with Crippen LogP contribution in [0.2, 0.25) is 0 Å². The monoisotopic (exact) mass is 454 g/mol. The minimum absolute atomic E-state index is 0.0263. The zero-order valence-electron chi connectivity index (χ0n) is 18.3. The van der Waals surface area contributed by atoms with Gasteiger partial charge in [0.05, 0.1) is 11.3 Å². The summed E-state index contributed by atoms with van der Waals surface area (Å²) in [4.78, 5) is 28.2. The van der Waals surface area contributed by atoms with Crippen molar-refractivity contribution in [2.24, 2.45) is 0 Å². The van der Waals surface area contributed by atoms with Crippen LogP contribution >= 0.6 is 0 Å². The molecule has 0 atom stereocenters. The maximum Gasteiger partial charge on any atom is 0.322 e. The first kappa shape index (κ1) is 22.4. The molecule has 4 aromatic rings. The van der Waals surface area contributed by atoms with E-state index < -0.39 is 11.7 Å². The Bertz CT molecular complexity index is 1430. The summed E-state index contributed by atoms with van der Waals surface area (Å²) in [5, 5.41) is 2.67. The molecule has 0 aliphatic carbocycles. The Morgan fingerprint density at radius 3 is 2.53 bits per heavy atom. The van der Waals surface area contributed by atoms with Gasteiger partial charge in [-0.2, -0.15) is 0 Å². The van der Waals surface area contributed by atoms with E-state index in [0.29, 0.717) is 33.8 Å². The molecule has 3 N–H and O–H groups in total. The molecule has 34 heavy (non-hydrogen) atoms. The summed E-state index contributed by atoms with van der Waals surface area (Å²) < 4.78 is 20.4. The number of nitrogens with zero attached hydrogens (tertiary/aromatic N) is 4. The molecule has 0 radical (unpaired) electrons. The number of carbonyl (C=O) groups excluding carboxylic acids is 1. The van der Waals surface area contributed by atoms with Crippen molar-refractivity contribution in [1.29, 1.82) is 0 Å². The standard InChI is InChI=1S/C25H19FN6O2/c1-3-4-21(33)32-18-8-5-16(6-9-18)23-22(24(27)30-14-29-23)17-7-10-20(19(26)13-17)34-25-28-12-11-15(2)31-25/h5-14H,1-2H3,(H,32,33)(H2,27,29,30). The number of aromatic nitrogens is 4. The normalized spacial score (nSPS) is 10.2. The third kappa shape index (κ3) is 4.97. The highest BCUT2D eigenvalue weighted by Gasteiger charge is 2.17. The lowest BCUT2D eigenvalue weighted by molar-refractivity contribution is -0.111. The van der Waals surface area contributed by atoms with E-state index in [2.05, 4.69) is 37.1 Å². The Morgan fingerprint density at radius 2 is 1.82 bits per heavy atom. The predicted molar refractivity (Wildman–Crippen MR) is 126 cm³/mol. The van der Waals surface area contributed by atoms with Gasteiger partial charge in [0.15, 0.2) is 11.6 Å². The third-order valence-corrected chi connectivity index (χ3v) is 4.73. The number of anilines is 2. The number of nitrogens with two attached hydrogens (primary N) is 1. The van der Waals surface area contributed by atoms with Gasteiger partial charge in [-0.15, -0.1) is 0 Å². The molecular formula is C25H19FN6O2. The Kier molecular flexibility index (Phi) is 6.41. The maximum absolute atomic E-state index is 14.9. The smallest absolute Gasteiger partial charge is 0.322 e. The van der Waals surface area contributed by atoms with Crippen LogP contribution in [0.5, 0.6) is 11.8 Å². The molecule has 168 valence electrons. The number of aryl methyl sites for hydroxylation is 1. The van der Waals surface area contributed by atoms with Gasteiger partial charge in [0, 0.05) is 23.1 Å². The predicted octanol–water partition coefficient (Wildman–Crippen LogP) is 4.38. The third-order valence-electron chi connectivity index (χ3n) is 4.73. The molecule has 2 aromatic carbocycles. The van der Waals surface area contributed by atoms with Crippen molar-refractivity contribution in [3.63, 3.8) is 0 Å². The number of amides is 1. The van der Waals surface area contributed by atoms with Crippen molar-refractivity contribution in [2.45, 2.75) is 13.8 Å². The number of rotatable bonds is 5. The number of benzene rings is 2. The average Bonchev–Trinajstić information content (AvgIpc) is 2.81. The molecule has 0 saturated carbocycles. The molecule has 8 nitrogen and oxygen atoms in total. The van der Waals surface area contributed by atoms with Crippen LogP contribution in [0.4, 0.5) is 15.9 Å². The van der Waals surface area contributed by atoms with Crippen LogP contribution in [-0.2, 0) is 4.79 Å². The van der Waals surface area contributed by atoms with Crippen molar-refractivity contribution in [3.05, 3.63) is 72.6 Å². The van der Waals surface area contributed by atoms with Gasteiger partial charge in [-0.1, -0.05) is 24.1 Å². The summed E-state index contributed by atoms with van der Waals surface area (Å²) >= 11 is 0. The number of hydrogen-bond acceptors (Lipinski definition) is 7. The van der Waals surface area contributed by atoms with Crippen molar-refractivity contribution >= 4 is 17.4 Å². The molecule has 2 heterocycles. The minimum Gasteiger partial charge on any atom is -0.421 e. The van der Waals surface area contributed by atoms with Crippen LogP contribution < -0.4 is 15.8 Å². The van der Waals surface area contributed by atoms with E-state index in [4.69, 9.17) is 10.5 Å². The van der Waals surface area contributed by atoms with Crippen molar-refractivity contribution < 1.29 is 13.9 Å². The number of halogens is 1. The number of nitrogens with one attached hydrogen (secondary N) is 1. The molecule has 0 aliphatic heterocycles. The molecule has 0 aliphatic rings. The van der Waals surface area contributed by atoms with Crippen LogP contribution in [0.15, 0.2) is 61.1 Å². The first-order valence-corrected chi connectivity index (χ1v) is 10.2. The summed E-state index contributed by atoms with van der Waals surface area (Å²) in [6.07, 6.45) is 2.87. The lowest BCUT2D eigenvalue weighted by atomic mass is 9.99. The van der Waals surface area contributed by atoms with Crippen LogP contribution in [-0.4, -0.2) is 25.8 Å².